The highest BCUT2D eigenvalue weighted by atomic mass is 16.4. The quantitative estimate of drug-likeness (QED) is 0.715. The number of carboxylic acids is 1. The van der Waals surface area contributed by atoms with Gasteiger partial charge in [0.1, 0.15) is 17.5 Å². The molecular weight excluding hydrogens is 232 g/mol. The van der Waals surface area contributed by atoms with Crippen LogP contribution in [0.4, 0.5) is 11.6 Å². The topological polar surface area (TPSA) is 87.1 Å². The Morgan fingerprint density at radius 3 is 2.50 bits per heavy atom. The molecule has 100 valence electrons. The molecule has 1 atom stereocenters. The number of aliphatic carboxylic acids is 1. The largest absolute Gasteiger partial charge is 0.481 e. The second-order valence-electron chi connectivity index (χ2n) is 4.60. The molecule has 3 N–H and O–H groups in total. The molecule has 0 aromatic carbocycles. The Kier molecular flexibility index (Phi) is 4.88. The molecule has 0 saturated heterocycles. The van der Waals surface area contributed by atoms with E-state index in [9.17, 15) is 4.79 Å². The van der Waals surface area contributed by atoms with Gasteiger partial charge in [-0.15, -0.1) is 0 Å². The van der Waals surface area contributed by atoms with Crippen molar-refractivity contribution < 1.29 is 9.90 Å². The standard InChI is InChI=1S/C12H20N4O2/c1-7(2)14-11-5-10(15-9(4)16-11)13-6-8(3)12(17)18/h5,7-8H,6H2,1-4H3,(H,17,18)(H2,13,14,15,16). The molecule has 0 fully saturated rings. The van der Waals surface area contributed by atoms with Crippen molar-refractivity contribution in [3.8, 4) is 0 Å². The first kappa shape index (κ1) is 14.2. The molecule has 0 radical (unpaired) electrons. The minimum atomic E-state index is -0.825. The van der Waals surface area contributed by atoms with Gasteiger partial charge in [0.05, 0.1) is 5.92 Å². The molecule has 0 aliphatic carbocycles. The van der Waals surface area contributed by atoms with Crippen molar-refractivity contribution in [1.29, 1.82) is 0 Å². The van der Waals surface area contributed by atoms with Gasteiger partial charge in [-0.25, -0.2) is 9.97 Å². The number of nitrogens with one attached hydrogen (secondary N) is 2. The highest BCUT2D eigenvalue weighted by Crippen LogP contribution is 2.12. The molecule has 0 spiro atoms. The van der Waals surface area contributed by atoms with Gasteiger partial charge in [0, 0.05) is 18.7 Å². The normalized spacial score (nSPS) is 12.3. The maximum absolute atomic E-state index is 10.7. The number of hydrogen-bond acceptors (Lipinski definition) is 5. The molecule has 1 unspecified atom stereocenters. The van der Waals surface area contributed by atoms with E-state index in [4.69, 9.17) is 5.11 Å². The maximum atomic E-state index is 10.7. The molecular formula is C12H20N4O2. The summed E-state index contributed by atoms with van der Waals surface area (Å²) < 4.78 is 0. The average molecular weight is 252 g/mol. The summed E-state index contributed by atoms with van der Waals surface area (Å²) >= 11 is 0. The van der Waals surface area contributed by atoms with Gasteiger partial charge >= 0.3 is 5.97 Å². The minimum Gasteiger partial charge on any atom is -0.481 e. The number of carboxylic acid groups (broad SMARTS) is 1. The van der Waals surface area contributed by atoms with Crippen LogP contribution in [0.15, 0.2) is 6.07 Å². The van der Waals surface area contributed by atoms with Gasteiger partial charge in [-0.1, -0.05) is 6.92 Å². The summed E-state index contributed by atoms with van der Waals surface area (Å²) in [7, 11) is 0. The summed E-state index contributed by atoms with van der Waals surface area (Å²) in [5, 5.41) is 15.0. The number of rotatable bonds is 6. The van der Waals surface area contributed by atoms with Crippen LogP contribution in [-0.4, -0.2) is 33.6 Å². The van der Waals surface area contributed by atoms with Crippen LogP contribution in [0.5, 0.6) is 0 Å². The lowest BCUT2D eigenvalue weighted by Crippen LogP contribution is -2.20. The molecule has 0 saturated carbocycles. The Labute approximate surface area is 107 Å². The summed E-state index contributed by atoms with van der Waals surface area (Å²) in [4.78, 5) is 19.2. The van der Waals surface area contributed by atoms with Crippen LogP contribution < -0.4 is 10.6 Å². The van der Waals surface area contributed by atoms with E-state index >= 15 is 0 Å². The minimum absolute atomic E-state index is 0.282. The zero-order chi connectivity index (χ0) is 13.7. The Morgan fingerprint density at radius 2 is 1.94 bits per heavy atom. The average Bonchev–Trinajstić information content (AvgIpc) is 2.23. The SMILES string of the molecule is Cc1nc(NCC(C)C(=O)O)cc(NC(C)C)n1. The van der Waals surface area contributed by atoms with Crippen LogP contribution in [0.25, 0.3) is 0 Å². The highest BCUT2D eigenvalue weighted by Gasteiger charge is 2.11. The third-order valence-electron chi connectivity index (χ3n) is 2.29. The van der Waals surface area contributed by atoms with Crippen LogP contribution in [0, 0.1) is 12.8 Å². The molecule has 1 heterocycles. The van der Waals surface area contributed by atoms with Gasteiger partial charge in [0.15, 0.2) is 0 Å². The summed E-state index contributed by atoms with van der Waals surface area (Å²) in [6, 6.07) is 2.06. The molecule has 0 aliphatic rings. The van der Waals surface area contributed by atoms with E-state index < -0.39 is 11.9 Å². The van der Waals surface area contributed by atoms with E-state index in [2.05, 4.69) is 20.6 Å². The molecule has 18 heavy (non-hydrogen) atoms. The first-order valence-electron chi connectivity index (χ1n) is 5.97. The zero-order valence-electron chi connectivity index (χ0n) is 11.2. The van der Waals surface area contributed by atoms with E-state index in [1.165, 1.54) is 0 Å². The van der Waals surface area contributed by atoms with Crippen molar-refractivity contribution in [2.45, 2.75) is 33.7 Å². The number of anilines is 2. The second kappa shape index (κ2) is 6.18. The predicted octanol–water partition coefficient (Wildman–Crippen LogP) is 1.74. The fourth-order valence-electron chi connectivity index (χ4n) is 1.37. The number of carbonyl (C=O) groups is 1. The van der Waals surface area contributed by atoms with E-state index in [-0.39, 0.29) is 6.04 Å². The molecule has 1 rings (SSSR count). The Morgan fingerprint density at radius 1 is 1.33 bits per heavy atom. The lowest BCUT2D eigenvalue weighted by molar-refractivity contribution is -0.140. The zero-order valence-corrected chi connectivity index (χ0v) is 11.2. The van der Waals surface area contributed by atoms with Crippen molar-refractivity contribution in [1.82, 2.24) is 9.97 Å². The fourth-order valence-corrected chi connectivity index (χ4v) is 1.37. The summed E-state index contributed by atoms with van der Waals surface area (Å²) in [5.74, 6) is 0.739. The smallest absolute Gasteiger partial charge is 0.308 e. The van der Waals surface area contributed by atoms with Crippen LogP contribution in [0.1, 0.15) is 26.6 Å². The van der Waals surface area contributed by atoms with Crippen LogP contribution in [0.3, 0.4) is 0 Å². The van der Waals surface area contributed by atoms with Gasteiger partial charge in [0.2, 0.25) is 0 Å². The second-order valence-corrected chi connectivity index (χ2v) is 4.60. The van der Waals surface area contributed by atoms with E-state index in [1.54, 1.807) is 19.9 Å². The van der Waals surface area contributed by atoms with Gasteiger partial charge in [-0.05, 0) is 20.8 Å². The summed E-state index contributed by atoms with van der Waals surface area (Å²) in [6.07, 6.45) is 0. The van der Waals surface area contributed by atoms with Gasteiger partial charge in [0.25, 0.3) is 0 Å². The lowest BCUT2D eigenvalue weighted by atomic mass is 10.2. The molecule has 0 amide bonds. The number of aromatic nitrogens is 2. The predicted molar refractivity (Wildman–Crippen MR) is 70.8 cm³/mol. The highest BCUT2D eigenvalue weighted by molar-refractivity contribution is 5.70. The Hall–Kier alpha value is -1.85. The first-order valence-corrected chi connectivity index (χ1v) is 5.97. The van der Waals surface area contributed by atoms with Gasteiger partial charge in [-0.2, -0.15) is 0 Å². The van der Waals surface area contributed by atoms with Crippen molar-refractivity contribution in [2.75, 3.05) is 17.2 Å². The molecule has 6 heteroatoms. The monoisotopic (exact) mass is 252 g/mol. The summed E-state index contributed by atoms with van der Waals surface area (Å²) in [6.45, 7) is 7.84. The van der Waals surface area contributed by atoms with Crippen LogP contribution in [0.2, 0.25) is 0 Å². The molecule has 1 aromatic heterocycles. The third kappa shape index (κ3) is 4.57. The molecule has 1 aromatic rings. The molecule has 0 bridgehead atoms. The lowest BCUT2D eigenvalue weighted by Gasteiger charge is -2.13. The maximum Gasteiger partial charge on any atom is 0.308 e. The number of nitrogens with zero attached hydrogens (tertiary/aromatic N) is 2. The molecule has 0 aliphatic heterocycles. The van der Waals surface area contributed by atoms with Gasteiger partial charge in [-0.3, -0.25) is 4.79 Å². The van der Waals surface area contributed by atoms with Crippen LogP contribution >= 0.6 is 0 Å². The van der Waals surface area contributed by atoms with E-state index in [0.29, 0.717) is 18.2 Å². The van der Waals surface area contributed by atoms with Crippen molar-refractivity contribution in [3.05, 3.63) is 11.9 Å². The number of aryl methyl sites for hydroxylation is 1. The Balaban J connectivity index is 2.71. The van der Waals surface area contributed by atoms with Crippen molar-refractivity contribution >= 4 is 17.6 Å². The fraction of sp³-hybridized carbons (Fsp3) is 0.583. The summed E-state index contributed by atoms with van der Waals surface area (Å²) in [5.41, 5.74) is 0. The van der Waals surface area contributed by atoms with Crippen molar-refractivity contribution in [2.24, 2.45) is 5.92 Å². The molecule has 6 nitrogen and oxygen atoms in total. The third-order valence-corrected chi connectivity index (χ3v) is 2.29. The number of hydrogen-bond donors (Lipinski definition) is 3. The van der Waals surface area contributed by atoms with Gasteiger partial charge < -0.3 is 15.7 Å². The van der Waals surface area contributed by atoms with E-state index in [1.807, 2.05) is 13.8 Å². The van der Waals surface area contributed by atoms with Crippen molar-refractivity contribution in [3.63, 3.8) is 0 Å². The first-order chi connectivity index (χ1) is 8.38. The van der Waals surface area contributed by atoms with Crippen LogP contribution in [-0.2, 0) is 4.79 Å². The Bertz CT molecular complexity index is 421. The van der Waals surface area contributed by atoms with E-state index in [0.717, 1.165) is 5.82 Å².